The fraction of sp³-hybridized carbons (Fsp3) is 0.188. The monoisotopic (exact) mass is 418 g/mol. The number of benzene rings is 2. The molecule has 0 unspecified atom stereocenters. The summed E-state index contributed by atoms with van der Waals surface area (Å²) in [6.07, 6.45) is 0. The van der Waals surface area contributed by atoms with Gasteiger partial charge in [-0.2, -0.15) is 0 Å². The molecule has 0 aliphatic heterocycles. The van der Waals surface area contributed by atoms with Crippen molar-refractivity contribution < 1.29 is 9.18 Å². The molecule has 1 N–H and O–H groups in total. The van der Waals surface area contributed by atoms with Gasteiger partial charge in [-0.1, -0.05) is 45.2 Å². The van der Waals surface area contributed by atoms with Crippen LogP contribution in [0.3, 0.4) is 0 Å². The van der Waals surface area contributed by atoms with E-state index in [-0.39, 0.29) is 18.1 Å². The largest absolute Gasteiger partial charge is 0.322 e. The quantitative estimate of drug-likeness (QED) is 0.742. The van der Waals surface area contributed by atoms with E-state index in [1.165, 1.54) is 12.1 Å². The van der Waals surface area contributed by atoms with Crippen LogP contribution < -0.4 is 5.32 Å². The average Bonchev–Trinajstić information content (AvgIpc) is 2.46. The number of likely N-dealkylation sites (N-methyl/N-ethyl adjacent to an activating group) is 1. The van der Waals surface area contributed by atoms with Crippen molar-refractivity contribution in [2.75, 3.05) is 18.9 Å². The number of hydrogen-bond acceptors (Lipinski definition) is 2. The van der Waals surface area contributed by atoms with Crippen LogP contribution in [0, 0.1) is 5.82 Å². The van der Waals surface area contributed by atoms with Gasteiger partial charge in [0.1, 0.15) is 5.82 Å². The molecule has 0 spiro atoms. The molecule has 0 aromatic heterocycles. The van der Waals surface area contributed by atoms with Crippen molar-refractivity contribution in [2.45, 2.75) is 6.54 Å². The summed E-state index contributed by atoms with van der Waals surface area (Å²) in [6, 6.07) is 9.79. The Labute approximate surface area is 152 Å². The lowest BCUT2D eigenvalue weighted by Gasteiger charge is -2.17. The van der Waals surface area contributed by atoms with Gasteiger partial charge in [0.2, 0.25) is 5.91 Å². The summed E-state index contributed by atoms with van der Waals surface area (Å²) >= 11 is 15.0. The smallest absolute Gasteiger partial charge is 0.238 e. The summed E-state index contributed by atoms with van der Waals surface area (Å²) in [5, 5.41) is 3.51. The number of carbonyl (C=O) groups excluding carboxylic acids is 1. The zero-order chi connectivity index (χ0) is 17.0. The van der Waals surface area contributed by atoms with Gasteiger partial charge < -0.3 is 5.32 Å². The first-order valence-corrected chi connectivity index (χ1v) is 8.27. The van der Waals surface area contributed by atoms with Crippen LogP contribution in [0.4, 0.5) is 10.1 Å². The van der Waals surface area contributed by atoms with Crippen molar-refractivity contribution in [1.82, 2.24) is 4.90 Å². The van der Waals surface area contributed by atoms with E-state index in [2.05, 4.69) is 21.2 Å². The number of anilines is 1. The maximum absolute atomic E-state index is 13.7. The van der Waals surface area contributed by atoms with Gasteiger partial charge in [0.15, 0.2) is 0 Å². The molecule has 23 heavy (non-hydrogen) atoms. The standard InChI is InChI=1S/C16H14BrCl2FN2O/c1-22(8-10-2-4-12(18)13(19)6-10)9-16(23)21-15-5-3-11(17)7-14(15)20/h2-7H,8-9H2,1H3,(H,21,23). The van der Waals surface area contributed by atoms with E-state index in [1.54, 1.807) is 30.1 Å². The molecular weight excluding hydrogens is 406 g/mol. The van der Waals surface area contributed by atoms with E-state index in [4.69, 9.17) is 23.2 Å². The summed E-state index contributed by atoms with van der Waals surface area (Å²) < 4.78 is 14.3. The Morgan fingerprint density at radius 2 is 1.96 bits per heavy atom. The van der Waals surface area contributed by atoms with Gasteiger partial charge in [-0.15, -0.1) is 0 Å². The number of hydrogen-bond donors (Lipinski definition) is 1. The second-order valence-corrected chi connectivity index (χ2v) is 6.82. The van der Waals surface area contributed by atoms with Crippen LogP contribution in [0.15, 0.2) is 40.9 Å². The molecule has 0 saturated carbocycles. The first-order chi connectivity index (χ1) is 10.8. The normalized spacial score (nSPS) is 10.9. The molecule has 1 amide bonds. The molecule has 0 bridgehead atoms. The Morgan fingerprint density at radius 3 is 2.61 bits per heavy atom. The molecule has 0 fully saturated rings. The van der Waals surface area contributed by atoms with Crippen LogP contribution in [-0.2, 0) is 11.3 Å². The molecule has 2 aromatic rings. The van der Waals surface area contributed by atoms with Crippen molar-refractivity contribution in [2.24, 2.45) is 0 Å². The van der Waals surface area contributed by atoms with Crippen molar-refractivity contribution in [1.29, 1.82) is 0 Å². The molecule has 0 heterocycles. The number of nitrogens with one attached hydrogen (secondary N) is 1. The SMILES string of the molecule is CN(CC(=O)Nc1ccc(Br)cc1F)Cc1ccc(Cl)c(Cl)c1. The van der Waals surface area contributed by atoms with E-state index in [0.29, 0.717) is 21.1 Å². The van der Waals surface area contributed by atoms with E-state index < -0.39 is 5.82 Å². The minimum absolute atomic E-state index is 0.121. The number of rotatable bonds is 5. The Balaban J connectivity index is 1.92. The number of amides is 1. The van der Waals surface area contributed by atoms with Crippen LogP contribution >= 0.6 is 39.1 Å². The van der Waals surface area contributed by atoms with E-state index in [1.807, 2.05) is 6.07 Å². The topological polar surface area (TPSA) is 32.3 Å². The summed E-state index contributed by atoms with van der Waals surface area (Å²) in [5.41, 5.74) is 1.09. The van der Waals surface area contributed by atoms with E-state index in [9.17, 15) is 9.18 Å². The van der Waals surface area contributed by atoms with Crippen molar-refractivity contribution in [3.8, 4) is 0 Å². The summed E-state index contributed by atoms with van der Waals surface area (Å²) in [5.74, 6) is -0.784. The van der Waals surface area contributed by atoms with Crippen LogP contribution in [0.1, 0.15) is 5.56 Å². The lowest BCUT2D eigenvalue weighted by Crippen LogP contribution is -2.30. The highest BCUT2D eigenvalue weighted by Gasteiger charge is 2.11. The minimum atomic E-state index is -0.486. The number of halogens is 4. The predicted molar refractivity (Wildman–Crippen MR) is 95.5 cm³/mol. The van der Waals surface area contributed by atoms with Gasteiger partial charge in [-0.05, 0) is 42.9 Å². The second kappa shape index (κ2) is 8.11. The molecule has 0 saturated heterocycles. The fourth-order valence-corrected chi connectivity index (χ4v) is 2.69. The highest BCUT2D eigenvalue weighted by Crippen LogP contribution is 2.23. The molecule has 3 nitrogen and oxygen atoms in total. The van der Waals surface area contributed by atoms with Gasteiger partial charge in [-0.3, -0.25) is 9.69 Å². The van der Waals surface area contributed by atoms with Gasteiger partial charge in [-0.25, -0.2) is 4.39 Å². The molecule has 0 aliphatic carbocycles. The molecule has 2 aromatic carbocycles. The average molecular weight is 420 g/mol. The Hall–Kier alpha value is -1.14. The zero-order valence-electron chi connectivity index (χ0n) is 12.2. The lowest BCUT2D eigenvalue weighted by molar-refractivity contribution is -0.117. The summed E-state index contributed by atoms with van der Waals surface area (Å²) in [4.78, 5) is 13.8. The van der Waals surface area contributed by atoms with Crippen molar-refractivity contribution in [3.63, 3.8) is 0 Å². The lowest BCUT2D eigenvalue weighted by atomic mass is 10.2. The van der Waals surface area contributed by atoms with Gasteiger partial charge in [0.05, 0.1) is 22.3 Å². The third kappa shape index (κ3) is 5.46. The Bertz CT molecular complexity index is 727. The molecular formula is C16H14BrCl2FN2O. The van der Waals surface area contributed by atoms with Crippen LogP contribution in [0.5, 0.6) is 0 Å². The minimum Gasteiger partial charge on any atom is -0.322 e. The number of nitrogens with zero attached hydrogens (tertiary/aromatic N) is 1. The van der Waals surface area contributed by atoms with E-state index >= 15 is 0 Å². The van der Waals surface area contributed by atoms with E-state index in [0.717, 1.165) is 5.56 Å². The summed E-state index contributed by atoms with van der Waals surface area (Å²) in [7, 11) is 1.79. The van der Waals surface area contributed by atoms with Crippen molar-refractivity contribution >= 4 is 50.7 Å². The van der Waals surface area contributed by atoms with Crippen LogP contribution in [0.25, 0.3) is 0 Å². The van der Waals surface area contributed by atoms with Gasteiger partial charge in [0.25, 0.3) is 0 Å². The maximum atomic E-state index is 13.7. The molecule has 0 aliphatic rings. The van der Waals surface area contributed by atoms with Crippen LogP contribution in [-0.4, -0.2) is 24.4 Å². The first kappa shape index (κ1) is 18.2. The highest BCUT2D eigenvalue weighted by atomic mass is 79.9. The third-order valence-electron chi connectivity index (χ3n) is 3.06. The molecule has 0 atom stereocenters. The first-order valence-electron chi connectivity index (χ1n) is 6.72. The zero-order valence-corrected chi connectivity index (χ0v) is 15.3. The maximum Gasteiger partial charge on any atom is 0.238 e. The van der Waals surface area contributed by atoms with Gasteiger partial charge >= 0.3 is 0 Å². The molecule has 0 radical (unpaired) electrons. The fourth-order valence-electron chi connectivity index (χ4n) is 2.03. The second-order valence-electron chi connectivity index (χ2n) is 5.09. The highest BCUT2D eigenvalue weighted by molar-refractivity contribution is 9.10. The Kier molecular flexibility index (Phi) is 6.41. The van der Waals surface area contributed by atoms with Crippen LogP contribution in [0.2, 0.25) is 10.0 Å². The molecule has 122 valence electrons. The summed E-state index contributed by atoms with van der Waals surface area (Å²) in [6.45, 7) is 0.642. The molecule has 2 rings (SSSR count). The van der Waals surface area contributed by atoms with Gasteiger partial charge in [0, 0.05) is 11.0 Å². The number of carbonyl (C=O) groups is 1. The predicted octanol–water partition coefficient (Wildman–Crippen LogP) is 4.97. The molecule has 7 heteroatoms. The van der Waals surface area contributed by atoms with Crippen molar-refractivity contribution in [3.05, 3.63) is 62.3 Å². The Morgan fingerprint density at radius 1 is 1.22 bits per heavy atom. The third-order valence-corrected chi connectivity index (χ3v) is 4.29.